The molecule has 2 heteroatoms. The van der Waals surface area contributed by atoms with E-state index in [1.165, 1.54) is 103 Å². The third-order valence-electron chi connectivity index (χ3n) is 5.05. The number of allylic oxidation sites excluding steroid dienone is 1. The maximum absolute atomic E-state index is 2.38. The Morgan fingerprint density at radius 2 is 0.958 bits per heavy atom. The van der Waals surface area contributed by atoms with Gasteiger partial charge in [-0.25, -0.2) is 0 Å². The van der Waals surface area contributed by atoms with Crippen molar-refractivity contribution in [3.63, 3.8) is 0 Å². The molecule has 0 aromatic rings. The van der Waals surface area contributed by atoms with Gasteiger partial charge in [-0.15, -0.1) is 0 Å². The minimum Gasteiger partial charge on any atom is -1.00 e. The Labute approximate surface area is 160 Å². The van der Waals surface area contributed by atoms with Crippen LogP contribution in [0.25, 0.3) is 0 Å². The predicted octanol–water partition coefficient (Wildman–Crippen LogP) is 4.47. The lowest BCUT2D eigenvalue weighted by Gasteiger charge is -2.22. The quantitative estimate of drug-likeness (QED) is 0.265. The maximum Gasteiger partial charge on any atom is 0.0913 e. The molecule has 0 aliphatic carbocycles. The smallest absolute Gasteiger partial charge is 0.0913 e. The first kappa shape index (κ1) is 26.2. The Hall–Kier alpha value is -0.0100. The van der Waals surface area contributed by atoms with Gasteiger partial charge in [0, 0.05) is 0 Å². The molecule has 0 aliphatic rings. The lowest BCUT2D eigenvalue weighted by atomic mass is 10.0. The van der Waals surface area contributed by atoms with Crippen LogP contribution in [0, 0.1) is 0 Å². The third-order valence-corrected chi connectivity index (χ3v) is 5.05. The number of rotatable bonds is 17. The Morgan fingerprint density at radius 1 is 0.583 bits per heavy atom. The standard InChI is InChI=1S/C22H46N.ClH/c1-5-7-8-9-10-11-12-13-14-15-16-17-18-19-20-21-22-23(3,4)6-2;/h21-22H,5-20H2,1-4H3;1H/q+1;/p-1. The summed E-state index contributed by atoms with van der Waals surface area (Å²) in [6.07, 6.45) is 26.2. The second-order valence-corrected chi connectivity index (χ2v) is 7.86. The zero-order valence-electron chi connectivity index (χ0n) is 17.3. The van der Waals surface area contributed by atoms with Crippen LogP contribution in [-0.2, 0) is 0 Å². The van der Waals surface area contributed by atoms with E-state index < -0.39 is 0 Å². The lowest BCUT2D eigenvalue weighted by Crippen LogP contribution is -3.00. The van der Waals surface area contributed by atoms with Gasteiger partial charge < -0.3 is 16.9 Å². The zero-order chi connectivity index (χ0) is 17.2. The van der Waals surface area contributed by atoms with E-state index in [0.29, 0.717) is 0 Å². The summed E-state index contributed by atoms with van der Waals surface area (Å²) in [6, 6.07) is 0. The topological polar surface area (TPSA) is 0 Å². The monoisotopic (exact) mass is 359 g/mol. The molecule has 0 heterocycles. The van der Waals surface area contributed by atoms with Crippen molar-refractivity contribution in [3.05, 3.63) is 12.3 Å². The molecule has 0 amide bonds. The number of quaternary nitrogens is 1. The van der Waals surface area contributed by atoms with Crippen LogP contribution in [0.2, 0.25) is 0 Å². The highest BCUT2D eigenvalue weighted by atomic mass is 35.5. The van der Waals surface area contributed by atoms with Crippen molar-refractivity contribution < 1.29 is 16.9 Å². The van der Waals surface area contributed by atoms with Gasteiger partial charge in [-0.2, -0.15) is 0 Å². The average molecular weight is 360 g/mol. The number of halogens is 1. The summed E-state index contributed by atoms with van der Waals surface area (Å²) >= 11 is 0. The normalized spacial score (nSPS) is 11.8. The zero-order valence-corrected chi connectivity index (χ0v) is 18.0. The Kier molecular flexibility index (Phi) is 21.1. The number of hydrogen-bond acceptors (Lipinski definition) is 0. The summed E-state index contributed by atoms with van der Waals surface area (Å²) in [5.74, 6) is 0. The van der Waals surface area contributed by atoms with Gasteiger partial charge in [0.25, 0.3) is 0 Å². The second-order valence-electron chi connectivity index (χ2n) is 7.86. The molecule has 0 radical (unpaired) electrons. The van der Waals surface area contributed by atoms with Crippen molar-refractivity contribution in [1.29, 1.82) is 0 Å². The van der Waals surface area contributed by atoms with Crippen molar-refractivity contribution in [1.82, 2.24) is 0 Å². The van der Waals surface area contributed by atoms with E-state index in [4.69, 9.17) is 0 Å². The van der Waals surface area contributed by atoms with Gasteiger partial charge in [0.1, 0.15) is 0 Å². The molecule has 0 fully saturated rings. The molecule has 0 spiro atoms. The van der Waals surface area contributed by atoms with Crippen molar-refractivity contribution in [2.75, 3.05) is 20.6 Å². The molecule has 0 N–H and O–H groups in total. The summed E-state index contributed by atoms with van der Waals surface area (Å²) in [5, 5.41) is 0. The van der Waals surface area contributed by atoms with Gasteiger partial charge in [-0.1, -0.05) is 90.4 Å². The highest BCUT2D eigenvalue weighted by Crippen LogP contribution is 2.13. The molecule has 0 aromatic carbocycles. The maximum atomic E-state index is 2.38. The third kappa shape index (κ3) is 20.0. The van der Waals surface area contributed by atoms with E-state index >= 15 is 0 Å². The van der Waals surface area contributed by atoms with E-state index in [-0.39, 0.29) is 12.4 Å². The Bertz CT molecular complexity index is 261. The van der Waals surface area contributed by atoms with Crippen LogP contribution >= 0.6 is 0 Å². The molecule has 0 aliphatic heterocycles. The molecule has 24 heavy (non-hydrogen) atoms. The van der Waals surface area contributed by atoms with Crippen molar-refractivity contribution in [2.24, 2.45) is 0 Å². The molecule has 0 saturated carbocycles. The Balaban J connectivity index is 0. The molecular formula is C22H46ClN. The fourth-order valence-electron chi connectivity index (χ4n) is 2.92. The van der Waals surface area contributed by atoms with Crippen LogP contribution < -0.4 is 12.4 Å². The molecular weight excluding hydrogens is 314 g/mol. The number of hydrogen-bond donors (Lipinski definition) is 0. The highest BCUT2D eigenvalue weighted by Gasteiger charge is 2.04. The molecule has 0 atom stereocenters. The summed E-state index contributed by atoms with van der Waals surface area (Å²) in [5.41, 5.74) is 0. The molecule has 0 unspecified atom stereocenters. The van der Waals surface area contributed by atoms with Gasteiger partial charge in [-0.05, 0) is 25.8 Å². The summed E-state index contributed by atoms with van der Waals surface area (Å²) in [4.78, 5) is 0. The summed E-state index contributed by atoms with van der Waals surface area (Å²) in [6.45, 7) is 5.72. The fourth-order valence-corrected chi connectivity index (χ4v) is 2.92. The van der Waals surface area contributed by atoms with E-state index in [1.54, 1.807) is 0 Å². The first-order chi connectivity index (χ1) is 11.1. The molecule has 146 valence electrons. The van der Waals surface area contributed by atoms with Gasteiger partial charge in [0.15, 0.2) is 0 Å². The van der Waals surface area contributed by atoms with E-state index in [0.717, 1.165) is 4.48 Å². The van der Waals surface area contributed by atoms with Crippen LogP contribution in [0.1, 0.15) is 110 Å². The van der Waals surface area contributed by atoms with E-state index in [1.807, 2.05) is 0 Å². The first-order valence-electron chi connectivity index (χ1n) is 10.6. The molecule has 0 saturated heterocycles. The largest absolute Gasteiger partial charge is 1.00 e. The van der Waals surface area contributed by atoms with Crippen LogP contribution in [0.3, 0.4) is 0 Å². The first-order valence-corrected chi connectivity index (χ1v) is 10.6. The van der Waals surface area contributed by atoms with Gasteiger partial charge in [0.05, 0.1) is 26.8 Å². The Morgan fingerprint density at radius 3 is 1.33 bits per heavy atom. The van der Waals surface area contributed by atoms with E-state index in [9.17, 15) is 0 Å². The van der Waals surface area contributed by atoms with Gasteiger partial charge in [0.2, 0.25) is 0 Å². The second kappa shape index (κ2) is 19.3. The predicted molar refractivity (Wildman–Crippen MR) is 107 cm³/mol. The number of nitrogens with zero attached hydrogens (tertiary/aromatic N) is 1. The van der Waals surface area contributed by atoms with Crippen LogP contribution in [0.4, 0.5) is 0 Å². The van der Waals surface area contributed by atoms with Crippen LogP contribution in [0.15, 0.2) is 12.3 Å². The van der Waals surface area contributed by atoms with Crippen molar-refractivity contribution in [3.8, 4) is 0 Å². The van der Waals surface area contributed by atoms with Crippen molar-refractivity contribution >= 4 is 0 Å². The minimum absolute atomic E-state index is 0. The minimum atomic E-state index is 0. The lowest BCUT2D eigenvalue weighted by molar-refractivity contribution is -0.836. The van der Waals surface area contributed by atoms with Crippen LogP contribution in [0.5, 0.6) is 0 Å². The fraction of sp³-hybridized carbons (Fsp3) is 0.909. The highest BCUT2D eigenvalue weighted by molar-refractivity contribution is 4.73. The van der Waals surface area contributed by atoms with Crippen LogP contribution in [-0.4, -0.2) is 25.1 Å². The molecule has 0 rings (SSSR count). The van der Waals surface area contributed by atoms with E-state index in [2.05, 4.69) is 40.2 Å². The molecule has 0 bridgehead atoms. The van der Waals surface area contributed by atoms with Gasteiger partial charge >= 0.3 is 0 Å². The van der Waals surface area contributed by atoms with Crippen molar-refractivity contribution in [2.45, 2.75) is 110 Å². The molecule has 1 nitrogen and oxygen atoms in total. The average Bonchev–Trinajstić information content (AvgIpc) is 2.54. The SMILES string of the molecule is CCCCCCCCCCCCCCCCC=C[N+](C)(C)CC.[Cl-]. The summed E-state index contributed by atoms with van der Waals surface area (Å²) < 4.78 is 1.01. The summed E-state index contributed by atoms with van der Waals surface area (Å²) in [7, 11) is 4.53. The molecule has 0 aromatic heterocycles. The van der Waals surface area contributed by atoms with Gasteiger partial charge in [-0.3, -0.25) is 0 Å². The number of unbranched alkanes of at least 4 members (excludes halogenated alkanes) is 14.